The number of anilines is 1. The number of rotatable bonds is 8. The summed E-state index contributed by atoms with van der Waals surface area (Å²) in [6.07, 6.45) is 4.65. The molecule has 1 aliphatic heterocycles. The van der Waals surface area contributed by atoms with Crippen molar-refractivity contribution < 1.29 is 9.47 Å². The van der Waals surface area contributed by atoms with E-state index in [0.717, 1.165) is 51.5 Å². The molecule has 1 aliphatic rings. The average Bonchev–Trinajstić information content (AvgIpc) is 3.38. The number of nitrogens with zero attached hydrogens (tertiary/aromatic N) is 4. The third kappa shape index (κ3) is 5.19. The Morgan fingerprint density at radius 2 is 2.03 bits per heavy atom. The highest BCUT2D eigenvalue weighted by Gasteiger charge is 2.19. The van der Waals surface area contributed by atoms with Crippen molar-refractivity contribution >= 4 is 16.5 Å². The first-order valence-corrected chi connectivity index (χ1v) is 11.5. The molecule has 1 atom stereocenters. The fourth-order valence-corrected chi connectivity index (χ4v) is 5.08. The number of nitrogens with one attached hydrogen (secondary N) is 1. The second-order valence-corrected chi connectivity index (χ2v) is 9.17. The van der Waals surface area contributed by atoms with Crippen LogP contribution in [0.1, 0.15) is 24.1 Å². The zero-order valence-corrected chi connectivity index (χ0v) is 19.5. The molecule has 4 rings (SSSR count). The predicted octanol–water partition coefficient (Wildman–Crippen LogP) is 4.29. The number of aromatic nitrogens is 3. The number of hydrogen-bond acceptors (Lipinski definition) is 7. The van der Waals surface area contributed by atoms with E-state index in [-0.39, 0.29) is 0 Å². The van der Waals surface area contributed by atoms with E-state index >= 15 is 0 Å². The Balaban J connectivity index is 1.40. The van der Waals surface area contributed by atoms with Gasteiger partial charge in [0.25, 0.3) is 0 Å². The van der Waals surface area contributed by atoms with Gasteiger partial charge in [0.1, 0.15) is 5.69 Å². The summed E-state index contributed by atoms with van der Waals surface area (Å²) in [7, 11) is 5.50. The summed E-state index contributed by atoms with van der Waals surface area (Å²) in [5.74, 6) is 2.13. The standard InChI is InChI=1S/C23H31N5O2S/c1-16-22(19-9-11-28(26-19)15-18-6-5-10-27(2)14-18)31-23(25-16)24-13-17-7-8-20(29-3)21(12-17)30-4/h7-9,11-12,18H,5-6,10,13-15H2,1-4H3,(H,24,25)/t18-/m0/s1. The van der Waals surface area contributed by atoms with Crippen molar-refractivity contribution in [3.8, 4) is 22.1 Å². The highest BCUT2D eigenvalue weighted by atomic mass is 32.1. The number of benzene rings is 1. The Labute approximate surface area is 188 Å². The first-order valence-electron chi connectivity index (χ1n) is 10.7. The maximum absolute atomic E-state index is 5.39. The van der Waals surface area contributed by atoms with Crippen LogP contribution in [0.4, 0.5) is 5.13 Å². The molecule has 0 amide bonds. The minimum Gasteiger partial charge on any atom is -0.493 e. The molecule has 0 spiro atoms. The first kappa shape index (κ1) is 21.6. The SMILES string of the molecule is COc1ccc(CNc2nc(C)c(-c3ccn(C[C@H]4CCCN(C)C4)n3)s2)cc1OC. The van der Waals surface area contributed by atoms with Crippen LogP contribution in [0, 0.1) is 12.8 Å². The summed E-state index contributed by atoms with van der Waals surface area (Å²) >= 11 is 1.65. The van der Waals surface area contributed by atoms with Gasteiger partial charge in [-0.2, -0.15) is 5.10 Å². The topological polar surface area (TPSA) is 64.4 Å². The van der Waals surface area contributed by atoms with E-state index < -0.39 is 0 Å². The van der Waals surface area contributed by atoms with Gasteiger partial charge in [-0.05, 0) is 63.0 Å². The molecule has 0 bridgehead atoms. The summed E-state index contributed by atoms with van der Waals surface area (Å²) in [6.45, 7) is 6.05. The number of methoxy groups -OCH3 is 2. The molecule has 1 saturated heterocycles. The molecule has 1 aromatic carbocycles. The van der Waals surface area contributed by atoms with Crippen molar-refractivity contribution in [2.24, 2.45) is 5.92 Å². The molecule has 1 fully saturated rings. The van der Waals surface area contributed by atoms with Gasteiger partial charge in [-0.25, -0.2) is 4.98 Å². The van der Waals surface area contributed by atoms with Gasteiger partial charge in [-0.1, -0.05) is 17.4 Å². The third-order valence-corrected chi connectivity index (χ3v) is 6.87. The Kier molecular flexibility index (Phi) is 6.77. The van der Waals surface area contributed by atoms with Gasteiger partial charge in [0.05, 0.1) is 24.8 Å². The molecule has 8 heteroatoms. The van der Waals surface area contributed by atoms with Crippen LogP contribution in [0.15, 0.2) is 30.5 Å². The monoisotopic (exact) mass is 441 g/mol. The van der Waals surface area contributed by atoms with Crippen molar-refractivity contribution in [2.75, 3.05) is 39.7 Å². The van der Waals surface area contributed by atoms with Crippen LogP contribution >= 0.6 is 11.3 Å². The first-order chi connectivity index (χ1) is 15.1. The minimum absolute atomic E-state index is 0.663. The van der Waals surface area contributed by atoms with Crippen LogP contribution in [0.3, 0.4) is 0 Å². The lowest BCUT2D eigenvalue weighted by Crippen LogP contribution is -2.34. The fraction of sp³-hybridized carbons (Fsp3) is 0.478. The summed E-state index contributed by atoms with van der Waals surface area (Å²) < 4.78 is 12.8. The van der Waals surface area contributed by atoms with Gasteiger partial charge < -0.3 is 19.7 Å². The molecule has 1 N–H and O–H groups in total. The second-order valence-electron chi connectivity index (χ2n) is 8.17. The highest BCUT2D eigenvalue weighted by Crippen LogP contribution is 2.33. The molecule has 166 valence electrons. The van der Waals surface area contributed by atoms with Crippen LogP contribution in [0.5, 0.6) is 11.5 Å². The Morgan fingerprint density at radius 1 is 1.19 bits per heavy atom. The zero-order chi connectivity index (χ0) is 21.8. The van der Waals surface area contributed by atoms with Gasteiger partial charge in [0, 0.05) is 25.8 Å². The van der Waals surface area contributed by atoms with Crippen molar-refractivity contribution in [1.29, 1.82) is 0 Å². The van der Waals surface area contributed by atoms with Gasteiger partial charge in [0.15, 0.2) is 16.6 Å². The van der Waals surface area contributed by atoms with Crippen LogP contribution in [-0.2, 0) is 13.1 Å². The smallest absolute Gasteiger partial charge is 0.183 e. The van der Waals surface area contributed by atoms with E-state index in [1.165, 1.54) is 19.4 Å². The van der Waals surface area contributed by atoms with Crippen molar-refractivity contribution in [1.82, 2.24) is 19.7 Å². The Hall–Kier alpha value is -2.58. The van der Waals surface area contributed by atoms with Gasteiger partial charge in [-0.3, -0.25) is 4.68 Å². The highest BCUT2D eigenvalue weighted by molar-refractivity contribution is 7.19. The van der Waals surface area contributed by atoms with Crippen molar-refractivity contribution in [2.45, 2.75) is 32.9 Å². The molecule has 0 saturated carbocycles. The lowest BCUT2D eigenvalue weighted by Gasteiger charge is -2.29. The van der Waals surface area contributed by atoms with E-state index in [1.807, 2.05) is 25.1 Å². The molecular weight excluding hydrogens is 410 g/mol. The number of likely N-dealkylation sites (tertiary alicyclic amines) is 1. The van der Waals surface area contributed by atoms with Gasteiger partial charge in [0.2, 0.25) is 0 Å². The lowest BCUT2D eigenvalue weighted by molar-refractivity contribution is 0.191. The van der Waals surface area contributed by atoms with Crippen molar-refractivity contribution in [3.05, 3.63) is 41.7 Å². The van der Waals surface area contributed by atoms with Gasteiger partial charge in [-0.15, -0.1) is 0 Å². The maximum Gasteiger partial charge on any atom is 0.183 e. The molecular formula is C23H31N5O2S. The maximum atomic E-state index is 5.39. The molecule has 3 heterocycles. The van der Waals surface area contributed by atoms with E-state index in [2.05, 4.69) is 34.2 Å². The molecule has 0 radical (unpaired) electrons. The van der Waals surface area contributed by atoms with Crippen LogP contribution in [-0.4, -0.2) is 54.0 Å². The third-order valence-electron chi connectivity index (χ3n) is 5.73. The van der Waals surface area contributed by atoms with E-state index in [9.17, 15) is 0 Å². The summed E-state index contributed by atoms with van der Waals surface area (Å²) in [6, 6.07) is 8.04. The fourth-order valence-electron chi connectivity index (χ4n) is 4.15. The number of thiazole rings is 1. The van der Waals surface area contributed by atoms with E-state index in [4.69, 9.17) is 19.6 Å². The largest absolute Gasteiger partial charge is 0.493 e. The average molecular weight is 442 g/mol. The summed E-state index contributed by atoms with van der Waals surface area (Å²) in [4.78, 5) is 8.25. The second kappa shape index (κ2) is 9.70. The molecule has 31 heavy (non-hydrogen) atoms. The molecule has 2 aromatic heterocycles. The molecule has 0 aliphatic carbocycles. The number of piperidine rings is 1. The molecule has 7 nitrogen and oxygen atoms in total. The van der Waals surface area contributed by atoms with Crippen molar-refractivity contribution in [3.63, 3.8) is 0 Å². The number of hydrogen-bond donors (Lipinski definition) is 1. The summed E-state index contributed by atoms with van der Waals surface area (Å²) in [5, 5.41) is 9.17. The number of aryl methyl sites for hydroxylation is 1. The Morgan fingerprint density at radius 3 is 2.81 bits per heavy atom. The minimum atomic E-state index is 0.663. The molecule has 3 aromatic rings. The summed E-state index contributed by atoms with van der Waals surface area (Å²) in [5.41, 5.74) is 3.11. The molecule has 0 unspecified atom stereocenters. The Bertz CT molecular complexity index is 1020. The quantitative estimate of drug-likeness (QED) is 0.563. The van der Waals surface area contributed by atoms with Crippen LogP contribution < -0.4 is 14.8 Å². The predicted molar refractivity (Wildman–Crippen MR) is 125 cm³/mol. The van der Waals surface area contributed by atoms with Crippen LogP contribution in [0.25, 0.3) is 10.6 Å². The van der Waals surface area contributed by atoms with Gasteiger partial charge >= 0.3 is 0 Å². The van der Waals surface area contributed by atoms with E-state index in [1.54, 1.807) is 25.6 Å². The normalized spacial score (nSPS) is 17.0. The lowest BCUT2D eigenvalue weighted by atomic mass is 9.99. The number of ether oxygens (including phenoxy) is 2. The van der Waals surface area contributed by atoms with E-state index in [0.29, 0.717) is 12.5 Å². The zero-order valence-electron chi connectivity index (χ0n) is 18.7. The van der Waals surface area contributed by atoms with Crippen LogP contribution in [0.2, 0.25) is 0 Å².